The summed E-state index contributed by atoms with van der Waals surface area (Å²) in [6.07, 6.45) is 10.6. The Morgan fingerprint density at radius 2 is 1.43 bits per heavy atom. The Bertz CT molecular complexity index is 266. The van der Waals surface area contributed by atoms with Gasteiger partial charge in [0.15, 0.2) is 6.29 Å². The van der Waals surface area contributed by atoms with Crippen LogP contribution in [0, 0.1) is 0 Å². The molecule has 0 aliphatic heterocycles. The van der Waals surface area contributed by atoms with Gasteiger partial charge < -0.3 is 16.0 Å². The molecule has 0 aromatic rings. The van der Waals surface area contributed by atoms with Crippen molar-refractivity contribution in [3.05, 3.63) is 0 Å². The molecule has 2 N–H and O–H groups in total. The van der Waals surface area contributed by atoms with E-state index in [0.29, 0.717) is 13.0 Å². The molecule has 0 rings (SSSR count). The third kappa shape index (κ3) is 19.7. The Labute approximate surface area is 173 Å². The van der Waals surface area contributed by atoms with E-state index in [1.165, 1.54) is 44.9 Å². The number of phosphoric acid groups is 1. The molecule has 0 saturated heterocycles. The van der Waals surface area contributed by atoms with Crippen LogP contribution in [-0.4, -0.2) is 22.7 Å². The molecular weight excluding hydrogens is 318 g/mol. The topological polar surface area (TPSA) is 76.0 Å². The average Bonchev–Trinajstić information content (AvgIpc) is 2.35. The molecule has 21 heavy (non-hydrogen) atoms. The Balaban J connectivity index is -0.00000180. The van der Waals surface area contributed by atoms with Gasteiger partial charge in [0.25, 0.3) is 0 Å². The van der Waals surface area contributed by atoms with Crippen LogP contribution in [0.1, 0.15) is 79.5 Å². The van der Waals surface area contributed by atoms with Crippen molar-refractivity contribution in [2.75, 3.05) is 6.61 Å². The molecule has 0 aromatic heterocycles. The average molecular weight is 350 g/mol. The summed E-state index contributed by atoms with van der Waals surface area (Å²) in [6.45, 7) is 4.39. The van der Waals surface area contributed by atoms with Gasteiger partial charge in [-0.15, -0.1) is 0 Å². The molecule has 0 spiro atoms. The van der Waals surface area contributed by atoms with Crippen LogP contribution in [0.15, 0.2) is 0 Å². The minimum atomic E-state index is -4.45. The molecule has 0 radical (unpaired) electrons. The molecule has 0 saturated carbocycles. The van der Waals surface area contributed by atoms with Gasteiger partial charge in [-0.3, -0.25) is 4.52 Å². The van der Waals surface area contributed by atoms with Crippen molar-refractivity contribution in [2.45, 2.75) is 84.3 Å². The van der Waals surface area contributed by atoms with Gasteiger partial charge >= 0.3 is 59.2 Å². The summed E-state index contributed by atoms with van der Waals surface area (Å²) in [4.78, 5) is 17.5. The van der Waals surface area contributed by atoms with E-state index in [1.807, 2.05) is 0 Å². The van der Waals surface area contributed by atoms with Crippen LogP contribution >= 0.6 is 7.82 Å². The molecule has 7 heteroatoms. The quantitative estimate of drug-likeness (QED) is 0.215. The third-order valence-electron chi connectivity index (χ3n) is 3.15. The Morgan fingerprint density at radius 3 is 1.86 bits per heavy atom. The fraction of sp³-hybridized carbons (Fsp3) is 1.00. The van der Waals surface area contributed by atoms with E-state index in [1.54, 1.807) is 6.92 Å². The minimum absolute atomic E-state index is 0. The molecule has 0 heterocycles. The molecule has 1 atom stereocenters. The summed E-state index contributed by atoms with van der Waals surface area (Å²) >= 11 is 0. The summed E-state index contributed by atoms with van der Waals surface area (Å²) < 4.78 is 20.5. The Hall–Kier alpha value is 1.71. The van der Waals surface area contributed by atoms with E-state index in [9.17, 15) is 4.57 Å². The van der Waals surface area contributed by atoms with Gasteiger partial charge in [-0.2, -0.15) is 0 Å². The summed E-state index contributed by atoms with van der Waals surface area (Å²) in [6, 6.07) is 0. The van der Waals surface area contributed by atoms with E-state index >= 15 is 0 Å². The van der Waals surface area contributed by atoms with Gasteiger partial charge in [-0.1, -0.05) is 58.3 Å². The van der Waals surface area contributed by atoms with E-state index in [0.717, 1.165) is 12.8 Å². The standard InChI is InChI=1S/C14H31O5P.K.H/c1-3-5-6-7-8-9-10-11-12-13-14(18-4-2)19-20(15,16)17;;/h14H,3-13H2,1-2H3,(H2,15,16,17);;/q;+1;-1. The smallest absolute Gasteiger partial charge is 1.00 e. The van der Waals surface area contributed by atoms with Crippen molar-refractivity contribution in [1.29, 1.82) is 0 Å². The zero-order valence-corrected chi connectivity index (χ0v) is 17.9. The first-order valence-corrected chi connectivity index (χ1v) is 9.38. The molecule has 0 bridgehead atoms. The maximum absolute atomic E-state index is 10.8. The Morgan fingerprint density at radius 1 is 0.952 bits per heavy atom. The van der Waals surface area contributed by atoms with Gasteiger partial charge in [-0.25, -0.2) is 4.57 Å². The van der Waals surface area contributed by atoms with Crippen LogP contribution in [0.2, 0.25) is 0 Å². The fourth-order valence-corrected chi connectivity index (χ4v) is 2.60. The summed E-state index contributed by atoms with van der Waals surface area (Å²) in [5.41, 5.74) is 0. The van der Waals surface area contributed by atoms with Crippen LogP contribution in [0.4, 0.5) is 0 Å². The van der Waals surface area contributed by atoms with Gasteiger partial charge in [-0.05, 0) is 19.8 Å². The monoisotopic (exact) mass is 350 g/mol. The molecular formula is C14H32KO5P. The Kier molecular flexibility index (Phi) is 19.7. The summed E-state index contributed by atoms with van der Waals surface area (Å²) in [5, 5.41) is 0. The van der Waals surface area contributed by atoms with Crippen LogP contribution in [0.3, 0.4) is 0 Å². The molecule has 0 aromatic carbocycles. The zero-order valence-electron chi connectivity index (χ0n) is 14.9. The third-order valence-corrected chi connectivity index (χ3v) is 3.66. The minimum Gasteiger partial charge on any atom is -1.00 e. The molecule has 0 fully saturated rings. The summed E-state index contributed by atoms with van der Waals surface area (Å²) in [7, 11) is -4.45. The summed E-state index contributed by atoms with van der Waals surface area (Å²) in [5.74, 6) is 0. The largest absolute Gasteiger partial charge is 1.00 e. The normalized spacial score (nSPS) is 13.0. The maximum Gasteiger partial charge on any atom is 1.00 e. The van der Waals surface area contributed by atoms with Crippen molar-refractivity contribution in [2.24, 2.45) is 0 Å². The predicted octanol–water partition coefficient (Wildman–Crippen LogP) is 1.50. The van der Waals surface area contributed by atoms with Crippen LogP contribution in [-0.2, 0) is 13.8 Å². The molecule has 124 valence electrons. The zero-order chi connectivity index (χ0) is 15.3. The van der Waals surface area contributed by atoms with E-state index in [4.69, 9.17) is 14.5 Å². The first-order chi connectivity index (χ1) is 9.49. The van der Waals surface area contributed by atoms with E-state index in [-0.39, 0.29) is 52.8 Å². The molecule has 1 unspecified atom stereocenters. The first-order valence-electron chi connectivity index (χ1n) is 7.85. The second kappa shape index (κ2) is 16.6. The maximum atomic E-state index is 10.8. The van der Waals surface area contributed by atoms with Crippen molar-refractivity contribution < 1.29 is 76.4 Å². The second-order valence-electron chi connectivity index (χ2n) is 5.10. The molecule has 0 aliphatic carbocycles. The predicted molar refractivity (Wildman–Crippen MR) is 81.5 cm³/mol. The van der Waals surface area contributed by atoms with Crippen molar-refractivity contribution >= 4 is 7.82 Å². The van der Waals surface area contributed by atoms with Crippen molar-refractivity contribution in [1.82, 2.24) is 0 Å². The van der Waals surface area contributed by atoms with E-state index in [2.05, 4.69) is 11.4 Å². The van der Waals surface area contributed by atoms with Crippen LogP contribution in [0.25, 0.3) is 0 Å². The van der Waals surface area contributed by atoms with Crippen molar-refractivity contribution in [3.8, 4) is 0 Å². The van der Waals surface area contributed by atoms with Crippen LogP contribution < -0.4 is 51.4 Å². The number of phosphoric ester groups is 1. The van der Waals surface area contributed by atoms with Gasteiger partial charge in [0.2, 0.25) is 0 Å². The SMILES string of the molecule is CCCCCCCCCCCC(OCC)OP(=O)(O)O.[H-].[K+]. The van der Waals surface area contributed by atoms with E-state index < -0.39 is 14.1 Å². The number of hydrogen-bond donors (Lipinski definition) is 2. The number of hydrogen-bond acceptors (Lipinski definition) is 3. The second-order valence-corrected chi connectivity index (χ2v) is 6.29. The van der Waals surface area contributed by atoms with Crippen LogP contribution in [0.5, 0.6) is 0 Å². The number of ether oxygens (including phenoxy) is 1. The van der Waals surface area contributed by atoms with Gasteiger partial charge in [0.1, 0.15) is 0 Å². The van der Waals surface area contributed by atoms with Gasteiger partial charge in [0.05, 0.1) is 0 Å². The molecule has 0 amide bonds. The number of unbranched alkanes of at least 4 members (excludes halogenated alkanes) is 8. The fourth-order valence-electron chi connectivity index (χ4n) is 2.13. The number of rotatable bonds is 14. The molecule has 5 nitrogen and oxygen atoms in total. The van der Waals surface area contributed by atoms with Gasteiger partial charge in [0, 0.05) is 6.61 Å². The molecule has 0 aliphatic rings. The van der Waals surface area contributed by atoms with Crippen molar-refractivity contribution in [3.63, 3.8) is 0 Å². The first kappa shape index (κ1) is 25.0.